The van der Waals surface area contributed by atoms with Crippen LogP contribution in [0.4, 0.5) is 4.79 Å². The lowest BCUT2D eigenvalue weighted by Crippen LogP contribution is -2.51. The van der Waals surface area contributed by atoms with Crippen LogP contribution in [-0.4, -0.2) is 78.2 Å². The zero-order chi connectivity index (χ0) is 24.9. The highest BCUT2D eigenvalue weighted by Crippen LogP contribution is 2.34. The third-order valence-electron chi connectivity index (χ3n) is 6.37. The number of ether oxygens (including phenoxy) is 3. The molecule has 9 nitrogen and oxygen atoms in total. The molecule has 9 heteroatoms. The highest BCUT2D eigenvalue weighted by molar-refractivity contribution is 5.78. The minimum absolute atomic E-state index is 0.0161. The Morgan fingerprint density at radius 1 is 1.00 bits per heavy atom. The summed E-state index contributed by atoms with van der Waals surface area (Å²) in [5.74, 6) is 1.06. The molecular formula is C26H32N4O5. The van der Waals surface area contributed by atoms with Crippen molar-refractivity contribution in [1.29, 1.82) is 0 Å². The average molecular weight is 481 g/mol. The lowest BCUT2D eigenvalue weighted by atomic mass is 9.91. The third kappa shape index (κ3) is 5.34. The normalized spacial score (nSPS) is 14.6. The molecule has 1 aliphatic heterocycles. The van der Waals surface area contributed by atoms with Gasteiger partial charge < -0.3 is 28.4 Å². The van der Waals surface area contributed by atoms with E-state index in [0.717, 1.165) is 22.5 Å². The van der Waals surface area contributed by atoms with E-state index in [2.05, 4.69) is 4.98 Å². The number of aryl methyl sites for hydroxylation is 1. The van der Waals surface area contributed by atoms with Crippen molar-refractivity contribution in [2.24, 2.45) is 0 Å². The Morgan fingerprint density at radius 2 is 1.66 bits per heavy atom. The van der Waals surface area contributed by atoms with Crippen LogP contribution in [0, 0.1) is 6.92 Å². The number of pyridine rings is 1. The van der Waals surface area contributed by atoms with Crippen molar-refractivity contribution in [2.75, 3.05) is 47.0 Å². The van der Waals surface area contributed by atoms with E-state index in [1.807, 2.05) is 58.9 Å². The molecule has 1 fully saturated rings. The molecule has 35 heavy (non-hydrogen) atoms. The van der Waals surface area contributed by atoms with Crippen molar-refractivity contribution < 1.29 is 23.8 Å². The van der Waals surface area contributed by atoms with Crippen LogP contribution in [0.2, 0.25) is 0 Å². The van der Waals surface area contributed by atoms with Crippen LogP contribution >= 0.6 is 0 Å². The van der Waals surface area contributed by atoms with Crippen LogP contribution in [0.15, 0.2) is 42.7 Å². The van der Waals surface area contributed by atoms with Crippen LogP contribution in [0.3, 0.4) is 0 Å². The van der Waals surface area contributed by atoms with E-state index < -0.39 is 0 Å². The van der Waals surface area contributed by atoms with Gasteiger partial charge in [0.05, 0.1) is 26.5 Å². The number of rotatable bonds is 7. The molecule has 0 radical (unpaired) electrons. The fraction of sp³-hybridized carbons (Fsp3) is 0.423. The molecular weight excluding hydrogens is 448 g/mol. The second-order valence-electron chi connectivity index (χ2n) is 8.58. The Bertz CT molecular complexity index is 1180. The second kappa shape index (κ2) is 10.7. The van der Waals surface area contributed by atoms with E-state index in [4.69, 9.17) is 14.2 Å². The summed E-state index contributed by atoms with van der Waals surface area (Å²) in [6, 6.07) is 9.73. The smallest absolute Gasteiger partial charge is 0.409 e. The summed E-state index contributed by atoms with van der Waals surface area (Å²) in [4.78, 5) is 33.6. The molecule has 3 heterocycles. The fourth-order valence-corrected chi connectivity index (χ4v) is 4.44. The first-order chi connectivity index (χ1) is 16.9. The number of nitrogens with zero attached hydrogens (tertiary/aromatic N) is 4. The van der Waals surface area contributed by atoms with Crippen LogP contribution in [0.5, 0.6) is 11.5 Å². The van der Waals surface area contributed by atoms with E-state index in [1.165, 1.54) is 0 Å². The van der Waals surface area contributed by atoms with Gasteiger partial charge in [0.2, 0.25) is 5.91 Å². The molecule has 0 spiro atoms. The Hall–Kier alpha value is -3.75. The number of aromatic nitrogens is 2. The quantitative estimate of drug-likeness (QED) is 0.515. The minimum atomic E-state index is -0.332. The Labute approximate surface area is 205 Å². The number of benzene rings is 1. The van der Waals surface area contributed by atoms with Gasteiger partial charge >= 0.3 is 6.09 Å². The van der Waals surface area contributed by atoms with Gasteiger partial charge in [0.25, 0.3) is 0 Å². The summed E-state index contributed by atoms with van der Waals surface area (Å²) in [5, 5.41) is 0. The summed E-state index contributed by atoms with van der Waals surface area (Å²) in [5.41, 5.74) is 3.76. The van der Waals surface area contributed by atoms with Crippen LogP contribution < -0.4 is 9.47 Å². The number of imidazole rings is 1. The molecule has 1 aromatic carbocycles. The van der Waals surface area contributed by atoms with Gasteiger partial charge in [-0.3, -0.25) is 4.79 Å². The molecule has 1 saturated heterocycles. The second-order valence-corrected chi connectivity index (χ2v) is 8.58. The number of methoxy groups -OCH3 is 2. The zero-order valence-corrected chi connectivity index (χ0v) is 20.7. The largest absolute Gasteiger partial charge is 0.497 e. The summed E-state index contributed by atoms with van der Waals surface area (Å²) in [6.45, 7) is 6.00. The maximum Gasteiger partial charge on any atom is 0.409 e. The molecule has 2 aromatic heterocycles. The number of carbonyl (C=O) groups is 2. The monoisotopic (exact) mass is 480 g/mol. The molecule has 0 bridgehead atoms. The predicted molar refractivity (Wildman–Crippen MR) is 131 cm³/mol. The van der Waals surface area contributed by atoms with Crippen molar-refractivity contribution >= 4 is 17.6 Å². The molecule has 3 aromatic rings. The first-order valence-electron chi connectivity index (χ1n) is 11.8. The molecule has 2 amide bonds. The minimum Gasteiger partial charge on any atom is -0.497 e. The van der Waals surface area contributed by atoms with Gasteiger partial charge in [0.1, 0.15) is 17.1 Å². The van der Waals surface area contributed by atoms with E-state index in [0.29, 0.717) is 44.3 Å². The topological polar surface area (TPSA) is 85.6 Å². The molecule has 1 atom stereocenters. The van der Waals surface area contributed by atoms with Gasteiger partial charge in [0, 0.05) is 57.0 Å². The molecule has 1 aliphatic rings. The Balaban J connectivity index is 1.63. The highest BCUT2D eigenvalue weighted by atomic mass is 16.6. The van der Waals surface area contributed by atoms with E-state index in [-0.39, 0.29) is 24.3 Å². The highest BCUT2D eigenvalue weighted by Gasteiger charge is 2.29. The van der Waals surface area contributed by atoms with Crippen molar-refractivity contribution in [3.05, 3.63) is 59.5 Å². The maximum atomic E-state index is 13.5. The maximum absolute atomic E-state index is 13.5. The Kier molecular flexibility index (Phi) is 7.43. The van der Waals surface area contributed by atoms with Crippen molar-refractivity contribution in [2.45, 2.75) is 26.2 Å². The van der Waals surface area contributed by atoms with E-state index in [1.54, 1.807) is 26.0 Å². The molecule has 0 aliphatic carbocycles. The summed E-state index contributed by atoms with van der Waals surface area (Å²) >= 11 is 0. The molecule has 1 unspecified atom stereocenters. The Morgan fingerprint density at radius 3 is 2.29 bits per heavy atom. The summed E-state index contributed by atoms with van der Waals surface area (Å²) in [7, 11) is 3.22. The van der Waals surface area contributed by atoms with Crippen molar-refractivity contribution in [3.8, 4) is 11.5 Å². The lowest BCUT2D eigenvalue weighted by molar-refractivity contribution is -0.133. The number of amides is 2. The number of fused-ring (bicyclic) bond motifs is 1. The molecule has 0 N–H and O–H groups in total. The number of hydrogen-bond donors (Lipinski definition) is 0. The average Bonchev–Trinajstić information content (AvgIpc) is 3.29. The van der Waals surface area contributed by atoms with Gasteiger partial charge in [-0.05, 0) is 49.2 Å². The first-order valence-corrected chi connectivity index (χ1v) is 11.8. The van der Waals surface area contributed by atoms with Crippen molar-refractivity contribution in [1.82, 2.24) is 19.2 Å². The number of carbonyl (C=O) groups excluding carboxylic acids is 2. The first kappa shape index (κ1) is 24.4. The van der Waals surface area contributed by atoms with Gasteiger partial charge in [0.15, 0.2) is 0 Å². The zero-order valence-electron chi connectivity index (χ0n) is 20.7. The predicted octanol–water partition coefficient (Wildman–Crippen LogP) is 3.48. The van der Waals surface area contributed by atoms with Gasteiger partial charge in [-0.2, -0.15) is 0 Å². The fourth-order valence-electron chi connectivity index (χ4n) is 4.44. The summed E-state index contributed by atoms with van der Waals surface area (Å²) < 4.78 is 18.1. The number of hydrogen-bond acceptors (Lipinski definition) is 6. The van der Waals surface area contributed by atoms with Crippen molar-refractivity contribution in [3.63, 3.8) is 0 Å². The van der Waals surface area contributed by atoms with E-state index in [9.17, 15) is 9.59 Å². The molecule has 4 rings (SSSR count). The van der Waals surface area contributed by atoms with Crippen LogP contribution in [0.25, 0.3) is 5.65 Å². The SMILES string of the molecule is CCOC(=O)N1CCN(C(=O)CC(c2cc(OC)cc(OC)c2)c2cnc3cc(C)ccn23)CC1. The summed E-state index contributed by atoms with van der Waals surface area (Å²) in [6.07, 6.45) is 3.73. The number of piperazine rings is 1. The lowest BCUT2D eigenvalue weighted by Gasteiger charge is -2.34. The van der Waals surface area contributed by atoms with Crippen LogP contribution in [-0.2, 0) is 9.53 Å². The third-order valence-corrected chi connectivity index (χ3v) is 6.37. The molecule has 0 saturated carbocycles. The van der Waals surface area contributed by atoms with Gasteiger partial charge in [-0.15, -0.1) is 0 Å². The molecule has 186 valence electrons. The van der Waals surface area contributed by atoms with E-state index >= 15 is 0 Å². The van der Waals surface area contributed by atoms with Gasteiger partial charge in [-0.25, -0.2) is 9.78 Å². The standard InChI is InChI=1S/C26H32N4O5/c1-5-35-26(32)29-10-8-28(9-11-29)25(31)16-22(19-13-20(33-3)15-21(14-19)34-4)23-17-27-24-12-18(2)6-7-30(23)24/h6-7,12-15,17,22H,5,8-11,16H2,1-4H3. The van der Waals surface area contributed by atoms with Gasteiger partial charge in [-0.1, -0.05) is 0 Å². The van der Waals surface area contributed by atoms with Crippen LogP contribution in [0.1, 0.15) is 36.1 Å².